The minimum Gasteiger partial charge on any atom is -0.375 e. The Morgan fingerprint density at radius 2 is 1.81 bits per heavy atom. The number of nitrogens with one attached hydrogen (secondary N) is 1. The van der Waals surface area contributed by atoms with Crippen molar-refractivity contribution in [3.8, 4) is 0 Å². The lowest BCUT2D eigenvalue weighted by molar-refractivity contribution is 0.0644. The summed E-state index contributed by atoms with van der Waals surface area (Å²) in [6, 6.07) is 9.07. The molecule has 2 atom stereocenters. The Kier molecular flexibility index (Phi) is 5.00. The van der Waals surface area contributed by atoms with Gasteiger partial charge in [-0.25, -0.2) is 4.39 Å². The summed E-state index contributed by atoms with van der Waals surface area (Å²) in [5.74, 6) is -0.504. The molecule has 21 heavy (non-hydrogen) atoms. The molecule has 0 aliphatic rings. The first-order valence-electron chi connectivity index (χ1n) is 6.61. The minimum atomic E-state index is -0.351. The molecule has 0 radical (unpaired) electrons. The summed E-state index contributed by atoms with van der Waals surface area (Å²) >= 11 is 0. The number of hydrogen-bond donors (Lipinski definition) is 1. The smallest absolute Gasteiger partial charge is 0.251 e. The van der Waals surface area contributed by atoms with Crippen LogP contribution in [-0.2, 0) is 4.74 Å². The summed E-state index contributed by atoms with van der Waals surface area (Å²) in [6.07, 6.45) is 2.78. The van der Waals surface area contributed by atoms with E-state index >= 15 is 0 Å². The molecule has 0 bridgehead atoms. The molecule has 0 spiro atoms. The molecule has 0 saturated carbocycles. The van der Waals surface area contributed by atoms with Gasteiger partial charge in [-0.1, -0.05) is 12.1 Å². The van der Waals surface area contributed by atoms with Crippen LogP contribution in [0.1, 0.15) is 28.9 Å². The Hall–Kier alpha value is -2.27. The lowest BCUT2D eigenvalue weighted by Gasteiger charge is -2.24. The highest BCUT2D eigenvalue weighted by Crippen LogP contribution is 2.21. The number of carbonyl (C=O) groups is 1. The Morgan fingerprint density at radius 1 is 1.19 bits per heavy atom. The van der Waals surface area contributed by atoms with Gasteiger partial charge in [0.05, 0.1) is 6.04 Å². The van der Waals surface area contributed by atoms with Gasteiger partial charge in [0, 0.05) is 25.1 Å². The quantitative estimate of drug-likeness (QED) is 0.920. The van der Waals surface area contributed by atoms with E-state index in [1.807, 2.05) is 6.92 Å². The molecule has 2 aromatic rings. The number of nitrogens with zero attached hydrogens (tertiary/aromatic N) is 1. The molecule has 0 fully saturated rings. The summed E-state index contributed by atoms with van der Waals surface area (Å²) < 4.78 is 18.4. The summed E-state index contributed by atoms with van der Waals surface area (Å²) in [6.45, 7) is 1.84. The number of hydrogen-bond acceptors (Lipinski definition) is 3. The van der Waals surface area contributed by atoms with Gasteiger partial charge in [0.15, 0.2) is 0 Å². The van der Waals surface area contributed by atoms with Gasteiger partial charge >= 0.3 is 0 Å². The number of aromatic nitrogens is 1. The molecule has 2 rings (SSSR count). The number of rotatable bonds is 5. The maximum atomic E-state index is 13.0. The number of ether oxygens (including phenoxy) is 1. The van der Waals surface area contributed by atoms with Crippen molar-refractivity contribution in [1.82, 2.24) is 10.3 Å². The van der Waals surface area contributed by atoms with Crippen LogP contribution in [0.25, 0.3) is 0 Å². The van der Waals surface area contributed by atoms with E-state index in [1.54, 1.807) is 43.8 Å². The van der Waals surface area contributed by atoms with Crippen LogP contribution in [0.5, 0.6) is 0 Å². The molecule has 0 aliphatic heterocycles. The molecule has 2 unspecified atom stereocenters. The van der Waals surface area contributed by atoms with E-state index in [2.05, 4.69) is 10.3 Å². The molecule has 4 nitrogen and oxygen atoms in total. The van der Waals surface area contributed by atoms with E-state index in [-0.39, 0.29) is 23.9 Å². The number of benzene rings is 1. The molecular formula is C16H17FN2O2. The molecular weight excluding hydrogens is 271 g/mol. The maximum Gasteiger partial charge on any atom is 0.251 e. The first-order chi connectivity index (χ1) is 10.1. The number of halogens is 1. The third-order valence-electron chi connectivity index (χ3n) is 3.21. The summed E-state index contributed by atoms with van der Waals surface area (Å²) in [4.78, 5) is 16.0. The lowest BCUT2D eigenvalue weighted by Crippen LogP contribution is -2.37. The zero-order valence-corrected chi connectivity index (χ0v) is 11.9. The average Bonchev–Trinajstić information content (AvgIpc) is 2.50. The predicted octanol–water partition coefficient (Wildman–Crippen LogP) is 2.73. The van der Waals surface area contributed by atoms with Crippen LogP contribution in [0.3, 0.4) is 0 Å². The van der Waals surface area contributed by atoms with Gasteiger partial charge in [-0.05, 0) is 36.8 Å². The lowest BCUT2D eigenvalue weighted by atomic mass is 10.0. The monoisotopic (exact) mass is 288 g/mol. The van der Waals surface area contributed by atoms with Crippen molar-refractivity contribution < 1.29 is 13.9 Å². The number of carbonyl (C=O) groups excluding carboxylic acids is 1. The van der Waals surface area contributed by atoms with Crippen molar-refractivity contribution >= 4 is 5.91 Å². The topological polar surface area (TPSA) is 51.2 Å². The molecule has 1 heterocycles. The van der Waals surface area contributed by atoms with Crippen LogP contribution in [0.4, 0.5) is 4.39 Å². The van der Waals surface area contributed by atoms with Crippen molar-refractivity contribution in [3.63, 3.8) is 0 Å². The third kappa shape index (κ3) is 3.86. The fourth-order valence-electron chi connectivity index (χ4n) is 2.15. The zero-order valence-electron chi connectivity index (χ0n) is 11.9. The van der Waals surface area contributed by atoms with Crippen LogP contribution in [-0.4, -0.2) is 24.0 Å². The predicted molar refractivity (Wildman–Crippen MR) is 77.3 cm³/mol. The van der Waals surface area contributed by atoms with Crippen LogP contribution in [0.15, 0.2) is 48.8 Å². The van der Waals surface area contributed by atoms with Crippen LogP contribution in [0.2, 0.25) is 0 Å². The van der Waals surface area contributed by atoms with Gasteiger partial charge in [-0.3, -0.25) is 9.78 Å². The van der Waals surface area contributed by atoms with E-state index in [4.69, 9.17) is 4.74 Å². The van der Waals surface area contributed by atoms with Crippen LogP contribution < -0.4 is 5.32 Å². The highest BCUT2D eigenvalue weighted by molar-refractivity contribution is 5.94. The summed E-state index contributed by atoms with van der Waals surface area (Å²) in [5, 5.41) is 2.87. The van der Waals surface area contributed by atoms with Crippen molar-refractivity contribution in [3.05, 3.63) is 65.7 Å². The standard InChI is InChI=1S/C16H17FN2O2/c1-11(19-16(20)13-7-9-18-10-8-13)15(21-2)12-3-5-14(17)6-4-12/h3-11,15H,1-2H3,(H,19,20). The van der Waals surface area contributed by atoms with Gasteiger partial charge in [0.1, 0.15) is 11.9 Å². The van der Waals surface area contributed by atoms with E-state index < -0.39 is 0 Å². The highest BCUT2D eigenvalue weighted by atomic mass is 19.1. The van der Waals surface area contributed by atoms with Crippen LogP contribution >= 0.6 is 0 Å². The second-order valence-corrected chi connectivity index (χ2v) is 4.71. The normalized spacial score (nSPS) is 13.5. The molecule has 1 N–H and O–H groups in total. The largest absolute Gasteiger partial charge is 0.375 e. The maximum absolute atomic E-state index is 13.0. The first-order valence-corrected chi connectivity index (χ1v) is 6.61. The van der Waals surface area contributed by atoms with Gasteiger partial charge in [-0.2, -0.15) is 0 Å². The Labute approximate surface area is 123 Å². The number of pyridine rings is 1. The van der Waals surface area contributed by atoms with Gasteiger partial charge in [0.2, 0.25) is 0 Å². The molecule has 110 valence electrons. The van der Waals surface area contributed by atoms with Crippen molar-refractivity contribution in [2.75, 3.05) is 7.11 Å². The van der Waals surface area contributed by atoms with Gasteiger partial charge in [-0.15, -0.1) is 0 Å². The van der Waals surface area contributed by atoms with E-state index in [9.17, 15) is 9.18 Å². The number of amides is 1. The molecule has 1 aromatic carbocycles. The average molecular weight is 288 g/mol. The molecule has 0 saturated heterocycles. The van der Waals surface area contributed by atoms with E-state index in [0.29, 0.717) is 5.56 Å². The van der Waals surface area contributed by atoms with E-state index in [1.165, 1.54) is 12.1 Å². The van der Waals surface area contributed by atoms with E-state index in [0.717, 1.165) is 5.56 Å². The van der Waals surface area contributed by atoms with Crippen molar-refractivity contribution in [2.24, 2.45) is 0 Å². The second-order valence-electron chi connectivity index (χ2n) is 4.71. The Bertz CT molecular complexity index is 587. The molecule has 1 amide bonds. The highest BCUT2D eigenvalue weighted by Gasteiger charge is 2.21. The van der Waals surface area contributed by atoms with Crippen molar-refractivity contribution in [2.45, 2.75) is 19.1 Å². The third-order valence-corrected chi connectivity index (χ3v) is 3.21. The molecule has 0 aliphatic carbocycles. The fourth-order valence-corrected chi connectivity index (χ4v) is 2.15. The molecule has 1 aromatic heterocycles. The van der Waals surface area contributed by atoms with Crippen molar-refractivity contribution in [1.29, 1.82) is 0 Å². The first kappa shape index (κ1) is 15.1. The van der Waals surface area contributed by atoms with Gasteiger partial charge in [0.25, 0.3) is 5.91 Å². The summed E-state index contributed by atoms with van der Waals surface area (Å²) in [5.41, 5.74) is 1.34. The fraction of sp³-hybridized carbons (Fsp3) is 0.250. The minimum absolute atomic E-state index is 0.200. The number of methoxy groups -OCH3 is 1. The Balaban J connectivity index is 2.08. The molecule has 5 heteroatoms. The second kappa shape index (κ2) is 6.95. The zero-order chi connectivity index (χ0) is 15.2. The van der Waals surface area contributed by atoms with Gasteiger partial charge < -0.3 is 10.1 Å². The Morgan fingerprint density at radius 3 is 2.38 bits per heavy atom. The SMILES string of the molecule is COC(c1ccc(F)cc1)C(C)NC(=O)c1ccncc1. The summed E-state index contributed by atoms with van der Waals surface area (Å²) in [7, 11) is 1.56. The van der Waals surface area contributed by atoms with Crippen LogP contribution in [0, 0.1) is 5.82 Å².